The van der Waals surface area contributed by atoms with Crippen molar-refractivity contribution in [1.82, 2.24) is 4.98 Å². The molecule has 0 N–H and O–H groups in total. The van der Waals surface area contributed by atoms with E-state index in [1.807, 2.05) is 25.1 Å². The van der Waals surface area contributed by atoms with Gasteiger partial charge in [-0.3, -0.25) is 4.98 Å². The number of fused-ring (bicyclic) bond motifs is 1. The molecule has 3 rings (SSSR count). The summed E-state index contributed by atoms with van der Waals surface area (Å²) in [7, 11) is 0. The smallest absolute Gasteiger partial charge is 4.00 e. The van der Waals surface area contributed by atoms with E-state index < -0.39 is 0 Å². The first-order chi connectivity index (χ1) is 13.0. The van der Waals surface area contributed by atoms with Gasteiger partial charge in [-0.1, -0.05) is 53.1 Å². The van der Waals surface area contributed by atoms with Crippen LogP contribution in [0.1, 0.15) is 22.4 Å². The summed E-state index contributed by atoms with van der Waals surface area (Å²) < 4.78 is 10.2. The van der Waals surface area contributed by atoms with E-state index >= 15 is 0 Å². The Morgan fingerprint density at radius 1 is 0.786 bits per heavy atom. The topological polar surface area (TPSA) is 27.0 Å². The summed E-state index contributed by atoms with van der Waals surface area (Å²) in [6.07, 6.45) is 0. The zero-order valence-electron chi connectivity index (χ0n) is 17.1. The molecular formula is C22H25HfN2Pb3. The average molecular weight is 1120 g/mol. The Morgan fingerprint density at radius 3 is 1.86 bits per heavy atom. The SMILES string of the molecule is Cc1cc(C)c([N-]c2cccc3ccc(C)nc23)c(C)c1.[CH2-][Pb].[CH2-][Pb].[CH2-][Pb].[Hf+4]. The number of aryl methyl sites for hydroxylation is 4. The van der Waals surface area contributed by atoms with E-state index in [0.29, 0.717) is 0 Å². The molecule has 0 bridgehead atoms. The number of pyridine rings is 1. The molecule has 3 aromatic rings. The van der Waals surface area contributed by atoms with Crippen molar-refractivity contribution in [1.29, 1.82) is 0 Å². The third kappa shape index (κ3) is 9.61. The maximum atomic E-state index is 4.89. The van der Waals surface area contributed by atoms with Crippen molar-refractivity contribution in [3.8, 4) is 0 Å². The third-order valence-electron chi connectivity index (χ3n) is 3.71. The summed E-state index contributed by atoms with van der Waals surface area (Å²) in [5, 5.41) is 6.02. The Bertz CT molecular complexity index is 816. The van der Waals surface area contributed by atoms with Gasteiger partial charge in [-0.2, -0.15) is 0 Å². The first-order valence-electron chi connectivity index (χ1n) is 8.26. The van der Waals surface area contributed by atoms with Crippen LogP contribution < -0.4 is 0 Å². The summed E-state index contributed by atoms with van der Waals surface area (Å²) >= 11 is 3.17. The van der Waals surface area contributed by atoms with Crippen LogP contribution in [-0.2, 0) is 25.8 Å². The number of rotatable bonds is 2. The molecule has 1 heterocycles. The molecule has 2 aromatic carbocycles. The van der Waals surface area contributed by atoms with E-state index in [9.17, 15) is 0 Å². The number of hydrogen-bond donors (Lipinski definition) is 0. The van der Waals surface area contributed by atoms with Crippen molar-refractivity contribution in [3.63, 3.8) is 0 Å². The van der Waals surface area contributed by atoms with Crippen molar-refractivity contribution in [2.45, 2.75) is 27.7 Å². The Kier molecular flexibility index (Phi) is 20.1. The quantitative estimate of drug-likeness (QED) is 0.242. The maximum absolute atomic E-state index is 4.89. The molecular weight excluding hydrogens is 1090 g/mol. The molecule has 28 heavy (non-hydrogen) atoms. The van der Waals surface area contributed by atoms with Gasteiger partial charge >= 0.3 is 117 Å². The monoisotopic (exact) mass is 1120 g/mol. The number of nitrogens with zero attached hydrogens (tertiary/aromatic N) is 2. The summed E-state index contributed by atoms with van der Waals surface area (Å²) in [6, 6.07) is 14.6. The molecule has 0 aliphatic carbocycles. The molecule has 1 aromatic heterocycles. The van der Waals surface area contributed by atoms with Gasteiger partial charge in [0.2, 0.25) is 0 Å². The number of benzene rings is 2. The van der Waals surface area contributed by atoms with Gasteiger partial charge in [0, 0.05) is 5.69 Å². The standard InChI is InChI=1S/C19H19N2.3CH2.Hf.3Pb/c1-12-10-13(2)18(14(3)11-12)21-17-7-5-6-16-9-8-15(4)20-19(16)17;;;;;;;/h5-11H,1-4H3;3*1H2;;;;/q4*-1;+4;;;. The van der Waals surface area contributed by atoms with Crippen molar-refractivity contribution in [2.24, 2.45) is 0 Å². The van der Waals surface area contributed by atoms with E-state index in [0.717, 1.165) is 105 Å². The van der Waals surface area contributed by atoms with Gasteiger partial charge in [0.15, 0.2) is 0 Å². The van der Waals surface area contributed by atoms with Crippen molar-refractivity contribution in [3.05, 3.63) is 83.6 Å². The Balaban J connectivity index is 0. The second-order valence-corrected chi connectivity index (χ2v) is 5.66. The largest absolute Gasteiger partial charge is 4.00 e. The Labute approximate surface area is 238 Å². The van der Waals surface area contributed by atoms with Crippen LogP contribution in [-0.4, -0.2) is 82.3 Å². The predicted octanol–water partition coefficient (Wildman–Crippen LogP) is 5.64. The van der Waals surface area contributed by atoms with Crippen molar-refractivity contribution < 1.29 is 25.8 Å². The molecule has 0 fully saturated rings. The van der Waals surface area contributed by atoms with Crippen LogP contribution >= 0.6 is 0 Å². The van der Waals surface area contributed by atoms with Crippen LogP contribution in [0, 0.1) is 41.1 Å². The summed E-state index contributed by atoms with van der Waals surface area (Å²) in [5.41, 5.74) is 7.66. The summed E-state index contributed by atoms with van der Waals surface area (Å²) in [5.74, 6) is 0. The van der Waals surface area contributed by atoms with Crippen LogP contribution in [0.4, 0.5) is 11.4 Å². The molecule has 9 radical (unpaired) electrons. The summed E-state index contributed by atoms with van der Waals surface area (Å²) in [6.45, 7) is 8.36. The molecule has 0 atom stereocenters. The van der Waals surface area contributed by atoms with Crippen LogP contribution in [0.5, 0.6) is 0 Å². The fourth-order valence-corrected chi connectivity index (χ4v) is 2.79. The van der Waals surface area contributed by atoms with E-state index in [1.165, 1.54) is 16.7 Å². The van der Waals surface area contributed by atoms with E-state index in [-0.39, 0.29) is 25.8 Å². The molecule has 0 aliphatic rings. The minimum Gasteiger partial charge on any atom is 4.00 e. The second kappa shape index (κ2) is 17.9. The number of para-hydroxylation sites is 1. The molecule has 0 aliphatic heterocycles. The number of hydrogen-bond acceptors (Lipinski definition) is 1. The fourth-order valence-electron chi connectivity index (χ4n) is 2.79. The minimum absolute atomic E-state index is 0. The average Bonchev–Trinajstić information content (AvgIpc) is 2.69. The van der Waals surface area contributed by atoms with Gasteiger partial charge in [-0.15, -0.1) is 11.4 Å². The molecule has 0 spiro atoms. The van der Waals surface area contributed by atoms with Gasteiger partial charge in [-0.05, 0) is 39.1 Å². The van der Waals surface area contributed by atoms with Crippen molar-refractivity contribution in [2.75, 3.05) is 0 Å². The van der Waals surface area contributed by atoms with Gasteiger partial charge in [-0.25, -0.2) is 0 Å². The predicted molar refractivity (Wildman–Crippen MR) is 123 cm³/mol. The van der Waals surface area contributed by atoms with E-state index in [2.05, 4.69) is 63.5 Å². The second-order valence-electron chi connectivity index (χ2n) is 5.66. The van der Waals surface area contributed by atoms with Gasteiger partial charge in [0.05, 0.1) is 5.52 Å². The molecule has 6 heteroatoms. The molecule has 139 valence electrons. The van der Waals surface area contributed by atoms with Crippen LogP contribution in [0.3, 0.4) is 0 Å². The number of aromatic nitrogens is 1. The van der Waals surface area contributed by atoms with Crippen LogP contribution in [0.15, 0.2) is 42.5 Å². The van der Waals surface area contributed by atoms with E-state index in [4.69, 9.17) is 5.32 Å². The van der Waals surface area contributed by atoms with E-state index in [1.54, 1.807) is 0 Å². The maximum Gasteiger partial charge on any atom is 4.00 e. The Morgan fingerprint density at radius 2 is 1.32 bits per heavy atom. The Hall–Kier alpha value is 1.29. The zero-order valence-corrected chi connectivity index (χ0v) is 32.3. The van der Waals surface area contributed by atoms with Gasteiger partial charge in [0.25, 0.3) is 0 Å². The third-order valence-corrected chi connectivity index (χ3v) is 3.71. The van der Waals surface area contributed by atoms with Gasteiger partial charge in [0.1, 0.15) is 0 Å². The zero-order chi connectivity index (χ0) is 21.0. The fraction of sp³-hybridized carbons (Fsp3) is 0.182. The van der Waals surface area contributed by atoms with Gasteiger partial charge < -0.3 is 5.32 Å². The summed E-state index contributed by atoms with van der Waals surface area (Å²) in [4.78, 5) is 4.65. The van der Waals surface area contributed by atoms with Crippen LogP contribution in [0.25, 0.3) is 16.2 Å². The normalized spacial score (nSPS) is 8.79. The molecule has 0 amide bonds. The molecule has 0 saturated carbocycles. The minimum atomic E-state index is 0. The van der Waals surface area contributed by atoms with Crippen molar-refractivity contribution >= 4 is 99.6 Å². The molecule has 0 unspecified atom stereocenters. The van der Waals surface area contributed by atoms with Crippen LogP contribution in [0.2, 0.25) is 0 Å². The first kappa shape index (κ1) is 31.5. The molecule has 2 nitrogen and oxygen atoms in total. The molecule has 0 saturated heterocycles. The first-order valence-corrected chi connectivity index (χ1v) is 16.5.